The molecule has 0 aliphatic rings. The zero-order valence-electron chi connectivity index (χ0n) is 10.3. The number of rotatable bonds is 1. The van der Waals surface area contributed by atoms with Gasteiger partial charge in [0.15, 0.2) is 0 Å². The second kappa shape index (κ2) is 4.84. The van der Waals surface area contributed by atoms with Crippen LogP contribution in [0.3, 0.4) is 0 Å². The highest BCUT2D eigenvalue weighted by Gasteiger charge is 2.30. The van der Waals surface area contributed by atoms with Crippen LogP contribution >= 0.6 is 15.9 Å². The van der Waals surface area contributed by atoms with Crippen molar-refractivity contribution in [2.75, 3.05) is 0 Å². The van der Waals surface area contributed by atoms with Gasteiger partial charge in [0.05, 0.1) is 16.6 Å². The molecule has 0 saturated carbocycles. The highest BCUT2D eigenvalue weighted by atomic mass is 79.9. The maximum absolute atomic E-state index is 13.4. The molecule has 21 heavy (non-hydrogen) atoms. The number of H-pyrrole nitrogens is 1. The Kier molecular flexibility index (Phi) is 3.24. The summed E-state index contributed by atoms with van der Waals surface area (Å²) in [5.41, 5.74) is 0.329. The van der Waals surface area contributed by atoms with Gasteiger partial charge in [0, 0.05) is 10.0 Å². The van der Waals surface area contributed by atoms with Gasteiger partial charge < -0.3 is 4.98 Å². The Morgan fingerprint density at radius 2 is 1.81 bits per heavy atom. The predicted molar refractivity (Wildman–Crippen MR) is 74.2 cm³/mol. The molecule has 108 valence electrons. The molecule has 0 bridgehead atoms. The van der Waals surface area contributed by atoms with Crippen molar-refractivity contribution >= 4 is 27.0 Å². The molecule has 2 nitrogen and oxygen atoms in total. The topological polar surface area (TPSA) is 28.7 Å². The summed E-state index contributed by atoms with van der Waals surface area (Å²) in [5, 5.41) is 0. The lowest BCUT2D eigenvalue weighted by molar-refractivity contribution is -0.137. The van der Waals surface area contributed by atoms with Gasteiger partial charge >= 0.3 is 6.18 Å². The Hall–Kier alpha value is -1.89. The summed E-state index contributed by atoms with van der Waals surface area (Å²) in [6.07, 6.45) is -4.42. The van der Waals surface area contributed by atoms with Crippen molar-refractivity contribution in [2.45, 2.75) is 6.18 Å². The molecule has 1 aromatic heterocycles. The Balaban J connectivity index is 2.13. The highest BCUT2D eigenvalue weighted by molar-refractivity contribution is 9.10. The first-order valence-corrected chi connectivity index (χ1v) is 6.66. The second-order valence-corrected chi connectivity index (χ2v) is 5.39. The minimum atomic E-state index is -4.42. The molecule has 0 unspecified atom stereocenters. The van der Waals surface area contributed by atoms with E-state index in [0.29, 0.717) is 21.4 Å². The third-order valence-electron chi connectivity index (χ3n) is 2.95. The SMILES string of the molecule is Fc1cc(Br)cc(-c2nc3ccc(C(F)(F)F)cc3[nH]2)c1. The van der Waals surface area contributed by atoms with Gasteiger partial charge in [0.1, 0.15) is 11.6 Å². The number of nitrogens with one attached hydrogen (secondary N) is 1. The molecule has 7 heteroatoms. The van der Waals surface area contributed by atoms with Crippen molar-refractivity contribution in [3.63, 3.8) is 0 Å². The van der Waals surface area contributed by atoms with Crippen LogP contribution in [0.1, 0.15) is 5.56 Å². The molecular weight excluding hydrogens is 352 g/mol. The van der Waals surface area contributed by atoms with Gasteiger partial charge in [-0.1, -0.05) is 15.9 Å². The van der Waals surface area contributed by atoms with Crippen molar-refractivity contribution in [2.24, 2.45) is 0 Å². The number of nitrogens with zero attached hydrogens (tertiary/aromatic N) is 1. The molecule has 0 aliphatic heterocycles. The van der Waals surface area contributed by atoms with E-state index in [2.05, 4.69) is 25.9 Å². The minimum absolute atomic E-state index is 0.250. The lowest BCUT2D eigenvalue weighted by Gasteiger charge is -2.05. The van der Waals surface area contributed by atoms with E-state index in [0.717, 1.165) is 12.1 Å². The lowest BCUT2D eigenvalue weighted by atomic mass is 10.2. The number of halogens is 5. The van der Waals surface area contributed by atoms with Crippen molar-refractivity contribution < 1.29 is 17.6 Å². The van der Waals surface area contributed by atoms with Crippen molar-refractivity contribution in [1.82, 2.24) is 9.97 Å². The molecule has 3 rings (SSSR count). The van der Waals surface area contributed by atoms with E-state index in [4.69, 9.17) is 0 Å². The van der Waals surface area contributed by atoms with E-state index in [1.54, 1.807) is 6.07 Å². The fourth-order valence-electron chi connectivity index (χ4n) is 2.01. The van der Waals surface area contributed by atoms with E-state index < -0.39 is 17.6 Å². The third-order valence-corrected chi connectivity index (χ3v) is 3.40. The fourth-order valence-corrected chi connectivity index (χ4v) is 2.48. The van der Waals surface area contributed by atoms with Crippen LogP contribution in [-0.2, 0) is 6.18 Å². The number of hydrogen-bond donors (Lipinski definition) is 1. The Bertz CT molecular complexity index is 803. The highest BCUT2D eigenvalue weighted by Crippen LogP contribution is 2.32. The number of imidazole rings is 1. The molecule has 1 heterocycles. The first-order chi connectivity index (χ1) is 9.83. The summed E-state index contributed by atoms with van der Waals surface area (Å²) in [4.78, 5) is 6.96. The summed E-state index contributed by atoms with van der Waals surface area (Å²) in [6, 6.07) is 7.41. The Labute approximate surface area is 124 Å². The molecule has 0 radical (unpaired) electrons. The molecule has 0 fully saturated rings. The molecular formula is C14H7BrF4N2. The number of hydrogen-bond acceptors (Lipinski definition) is 1. The first kappa shape index (κ1) is 14.1. The monoisotopic (exact) mass is 358 g/mol. The van der Waals surface area contributed by atoms with Gasteiger partial charge in [0.25, 0.3) is 0 Å². The zero-order valence-corrected chi connectivity index (χ0v) is 11.9. The van der Waals surface area contributed by atoms with Gasteiger partial charge in [0.2, 0.25) is 0 Å². The maximum Gasteiger partial charge on any atom is 0.416 e. The molecule has 1 N–H and O–H groups in total. The fraction of sp³-hybridized carbons (Fsp3) is 0.0714. The normalized spacial score (nSPS) is 12.0. The quantitative estimate of drug-likeness (QED) is 0.598. The van der Waals surface area contributed by atoms with Crippen LogP contribution in [0.5, 0.6) is 0 Å². The smallest absolute Gasteiger partial charge is 0.338 e. The van der Waals surface area contributed by atoms with E-state index in [-0.39, 0.29) is 5.52 Å². The largest absolute Gasteiger partial charge is 0.416 e. The number of fused-ring (bicyclic) bond motifs is 1. The summed E-state index contributed by atoms with van der Waals surface area (Å²) < 4.78 is 51.9. The summed E-state index contributed by atoms with van der Waals surface area (Å²) in [5.74, 6) is -0.152. The van der Waals surface area contributed by atoms with Crippen LogP contribution in [0.25, 0.3) is 22.4 Å². The van der Waals surface area contributed by atoms with Crippen molar-refractivity contribution in [1.29, 1.82) is 0 Å². The number of aromatic nitrogens is 2. The average Bonchev–Trinajstić information content (AvgIpc) is 2.79. The molecule has 0 spiro atoms. The van der Waals surface area contributed by atoms with Gasteiger partial charge in [-0.25, -0.2) is 9.37 Å². The number of alkyl halides is 3. The number of aromatic amines is 1. The number of benzene rings is 2. The van der Waals surface area contributed by atoms with E-state index in [1.807, 2.05) is 0 Å². The first-order valence-electron chi connectivity index (χ1n) is 5.86. The zero-order chi connectivity index (χ0) is 15.2. The molecule has 0 atom stereocenters. The average molecular weight is 359 g/mol. The molecule has 3 aromatic rings. The van der Waals surface area contributed by atoms with Crippen LogP contribution < -0.4 is 0 Å². The van der Waals surface area contributed by atoms with Crippen LogP contribution in [0, 0.1) is 5.82 Å². The van der Waals surface area contributed by atoms with Crippen LogP contribution in [0.15, 0.2) is 40.9 Å². The lowest BCUT2D eigenvalue weighted by Crippen LogP contribution is -2.04. The molecule has 0 aliphatic carbocycles. The van der Waals surface area contributed by atoms with Crippen LogP contribution in [0.4, 0.5) is 17.6 Å². The Morgan fingerprint density at radius 1 is 1.05 bits per heavy atom. The van der Waals surface area contributed by atoms with Crippen LogP contribution in [0.2, 0.25) is 0 Å². The maximum atomic E-state index is 13.4. The minimum Gasteiger partial charge on any atom is -0.338 e. The van der Waals surface area contributed by atoms with Crippen molar-refractivity contribution in [3.05, 3.63) is 52.3 Å². The summed E-state index contributed by atoms with van der Waals surface area (Å²) in [7, 11) is 0. The summed E-state index contributed by atoms with van der Waals surface area (Å²) >= 11 is 3.16. The van der Waals surface area contributed by atoms with E-state index >= 15 is 0 Å². The van der Waals surface area contributed by atoms with Gasteiger partial charge in [-0.2, -0.15) is 13.2 Å². The standard InChI is InChI=1S/C14H7BrF4N2/c15-9-3-7(4-10(16)6-9)13-20-11-2-1-8(14(17,18)19)5-12(11)21-13/h1-6H,(H,20,21). The third kappa shape index (κ3) is 2.78. The second-order valence-electron chi connectivity index (χ2n) is 4.47. The van der Waals surface area contributed by atoms with Crippen LogP contribution in [-0.4, -0.2) is 9.97 Å². The van der Waals surface area contributed by atoms with Crippen molar-refractivity contribution in [3.8, 4) is 11.4 Å². The van der Waals surface area contributed by atoms with E-state index in [9.17, 15) is 17.6 Å². The van der Waals surface area contributed by atoms with Gasteiger partial charge in [-0.3, -0.25) is 0 Å². The molecule has 0 amide bonds. The van der Waals surface area contributed by atoms with Gasteiger partial charge in [-0.05, 0) is 36.4 Å². The predicted octanol–water partition coefficient (Wildman–Crippen LogP) is 5.15. The van der Waals surface area contributed by atoms with Gasteiger partial charge in [-0.15, -0.1) is 0 Å². The Morgan fingerprint density at radius 3 is 2.48 bits per heavy atom. The summed E-state index contributed by atoms with van der Waals surface area (Å²) in [6.45, 7) is 0. The molecule has 2 aromatic carbocycles. The molecule has 0 saturated heterocycles. The van der Waals surface area contributed by atoms with E-state index in [1.165, 1.54) is 18.2 Å².